The lowest BCUT2D eigenvalue weighted by atomic mass is 9.82. The van der Waals surface area contributed by atoms with E-state index in [1.165, 1.54) is 19.3 Å². The fourth-order valence-electron chi connectivity index (χ4n) is 3.21. The van der Waals surface area contributed by atoms with Gasteiger partial charge in [0.1, 0.15) is 0 Å². The fourth-order valence-corrected chi connectivity index (χ4v) is 3.21. The fraction of sp³-hybridized carbons (Fsp3) is 0.929. The van der Waals surface area contributed by atoms with Crippen LogP contribution in [0, 0.1) is 17.8 Å². The van der Waals surface area contributed by atoms with Gasteiger partial charge in [-0.15, -0.1) is 0 Å². The molecule has 0 saturated heterocycles. The van der Waals surface area contributed by atoms with Crippen LogP contribution in [0.5, 0.6) is 0 Å². The van der Waals surface area contributed by atoms with E-state index >= 15 is 0 Å². The zero-order valence-electron chi connectivity index (χ0n) is 11.0. The van der Waals surface area contributed by atoms with Crippen molar-refractivity contribution in [3.8, 4) is 0 Å². The summed E-state index contributed by atoms with van der Waals surface area (Å²) in [6.07, 6.45) is 7.99. The second kappa shape index (κ2) is 5.85. The molecule has 0 radical (unpaired) electrons. The quantitative estimate of drug-likeness (QED) is 0.790. The number of amides is 1. The van der Waals surface area contributed by atoms with Crippen molar-refractivity contribution in [1.29, 1.82) is 0 Å². The van der Waals surface area contributed by atoms with Crippen LogP contribution >= 0.6 is 0 Å². The minimum Gasteiger partial charge on any atom is -0.356 e. The zero-order chi connectivity index (χ0) is 12.3. The van der Waals surface area contributed by atoms with Crippen molar-refractivity contribution in [2.75, 3.05) is 6.54 Å². The first-order chi connectivity index (χ1) is 8.15. The van der Waals surface area contributed by atoms with Gasteiger partial charge >= 0.3 is 0 Å². The minimum atomic E-state index is 0.279. The van der Waals surface area contributed by atoms with Crippen LogP contribution in [0.4, 0.5) is 0 Å². The second-order valence-electron chi connectivity index (χ2n) is 6.14. The van der Waals surface area contributed by atoms with E-state index in [9.17, 15) is 4.79 Å². The van der Waals surface area contributed by atoms with Crippen LogP contribution in [0.1, 0.15) is 51.9 Å². The average molecular weight is 238 g/mol. The first-order valence-corrected chi connectivity index (χ1v) is 7.18. The van der Waals surface area contributed by atoms with Crippen LogP contribution in [0.15, 0.2) is 0 Å². The molecule has 0 aliphatic heterocycles. The van der Waals surface area contributed by atoms with Crippen molar-refractivity contribution in [2.24, 2.45) is 23.5 Å². The van der Waals surface area contributed by atoms with E-state index in [2.05, 4.69) is 12.2 Å². The number of rotatable bonds is 3. The average Bonchev–Trinajstić information content (AvgIpc) is 2.73. The number of hydrogen-bond acceptors (Lipinski definition) is 2. The van der Waals surface area contributed by atoms with Crippen LogP contribution in [-0.2, 0) is 4.79 Å². The highest BCUT2D eigenvalue weighted by Crippen LogP contribution is 2.28. The van der Waals surface area contributed by atoms with Crippen molar-refractivity contribution < 1.29 is 4.79 Å². The van der Waals surface area contributed by atoms with Gasteiger partial charge in [-0.05, 0) is 56.8 Å². The maximum absolute atomic E-state index is 12.0. The van der Waals surface area contributed by atoms with Gasteiger partial charge in [0.15, 0.2) is 0 Å². The topological polar surface area (TPSA) is 55.1 Å². The summed E-state index contributed by atoms with van der Waals surface area (Å²) in [5, 5.41) is 3.14. The maximum Gasteiger partial charge on any atom is 0.223 e. The van der Waals surface area contributed by atoms with Crippen LogP contribution in [-0.4, -0.2) is 18.5 Å². The van der Waals surface area contributed by atoms with Crippen molar-refractivity contribution in [1.82, 2.24) is 5.32 Å². The third-order valence-corrected chi connectivity index (χ3v) is 4.53. The molecule has 3 heteroatoms. The van der Waals surface area contributed by atoms with Gasteiger partial charge in [-0.3, -0.25) is 4.79 Å². The largest absolute Gasteiger partial charge is 0.356 e. The monoisotopic (exact) mass is 238 g/mol. The van der Waals surface area contributed by atoms with Gasteiger partial charge in [-0.1, -0.05) is 6.92 Å². The van der Waals surface area contributed by atoms with Gasteiger partial charge < -0.3 is 11.1 Å². The van der Waals surface area contributed by atoms with Gasteiger partial charge in [0.2, 0.25) is 5.91 Å². The molecule has 0 aromatic carbocycles. The molecule has 2 saturated carbocycles. The first-order valence-electron chi connectivity index (χ1n) is 7.18. The molecule has 0 bridgehead atoms. The maximum atomic E-state index is 12.0. The van der Waals surface area contributed by atoms with Crippen molar-refractivity contribution in [3.63, 3.8) is 0 Å². The number of carbonyl (C=O) groups is 1. The molecule has 2 unspecified atom stereocenters. The Hall–Kier alpha value is -0.570. The molecule has 0 heterocycles. The van der Waals surface area contributed by atoms with Crippen LogP contribution in [0.2, 0.25) is 0 Å². The molecule has 2 rings (SSSR count). The Morgan fingerprint density at radius 2 is 1.88 bits per heavy atom. The van der Waals surface area contributed by atoms with Crippen molar-refractivity contribution in [3.05, 3.63) is 0 Å². The van der Waals surface area contributed by atoms with E-state index in [0.717, 1.165) is 38.1 Å². The van der Waals surface area contributed by atoms with Gasteiger partial charge in [-0.2, -0.15) is 0 Å². The molecular formula is C14H26N2O. The Kier molecular flexibility index (Phi) is 4.43. The van der Waals surface area contributed by atoms with Crippen LogP contribution < -0.4 is 11.1 Å². The lowest BCUT2D eigenvalue weighted by Crippen LogP contribution is -2.35. The molecule has 0 aromatic heterocycles. The summed E-state index contributed by atoms with van der Waals surface area (Å²) in [5.74, 6) is 2.00. The molecule has 2 aliphatic rings. The predicted molar refractivity (Wildman–Crippen MR) is 69.4 cm³/mol. The summed E-state index contributed by atoms with van der Waals surface area (Å²) in [6, 6.07) is 0.368. The Balaban J connectivity index is 1.67. The van der Waals surface area contributed by atoms with Crippen LogP contribution in [0.3, 0.4) is 0 Å². The number of carbonyl (C=O) groups excluding carboxylic acids is 1. The molecule has 2 fully saturated rings. The highest BCUT2D eigenvalue weighted by atomic mass is 16.1. The minimum absolute atomic E-state index is 0.279. The van der Waals surface area contributed by atoms with Crippen molar-refractivity contribution >= 4 is 5.91 Å². The number of hydrogen-bond donors (Lipinski definition) is 2. The first kappa shape index (κ1) is 12.9. The molecule has 2 atom stereocenters. The molecule has 0 aromatic rings. The smallest absolute Gasteiger partial charge is 0.223 e. The van der Waals surface area contributed by atoms with E-state index in [1.807, 2.05) is 0 Å². The Bertz CT molecular complexity index is 259. The second-order valence-corrected chi connectivity index (χ2v) is 6.14. The van der Waals surface area contributed by atoms with Crippen LogP contribution in [0.25, 0.3) is 0 Å². The molecule has 2 aliphatic carbocycles. The van der Waals surface area contributed by atoms with E-state index in [4.69, 9.17) is 5.73 Å². The molecule has 98 valence electrons. The molecular weight excluding hydrogens is 212 g/mol. The molecule has 0 spiro atoms. The summed E-state index contributed by atoms with van der Waals surface area (Å²) in [4.78, 5) is 12.0. The third kappa shape index (κ3) is 3.70. The predicted octanol–water partition coefficient (Wildman–Crippen LogP) is 2.06. The molecule has 17 heavy (non-hydrogen) atoms. The lowest BCUT2D eigenvalue weighted by molar-refractivity contribution is -0.126. The molecule has 3 N–H and O–H groups in total. The van der Waals surface area contributed by atoms with E-state index < -0.39 is 0 Å². The Morgan fingerprint density at radius 3 is 2.47 bits per heavy atom. The standard InChI is InChI=1S/C14H26N2O/c1-10-2-5-12(6-3-10)14(17)16-9-11-4-7-13(15)8-11/h10-13H,2-9,15H2,1H3,(H,16,17). The summed E-state index contributed by atoms with van der Waals surface area (Å²) in [6.45, 7) is 3.13. The highest BCUT2D eigenvalue weighted by Gasteiger charge is 2.26. The van der Waals surface area contributed by atoms with Gasteiger partial charge in [0.25, 0.3) is 0 Å². The summed E-state index contributed by atoms with van der Waals surface area (Å²) < 4.78 is 0. The highest BCUT2D eigenvalue weighted by molar-refractivity contribution is 5.78. The van der Waals surface area contributed by atoms with E-state index in [-0.39, 0.29) is 11.8 Å². The molecule has 3 nitrogen and oxygen atoms in total. The molecule has 1 amide bonds. The van der Waals surface area contributed by atoms with Gasteiger partial charge in [0.05, 0.1) is 0 Å². The number of nitrogens with two attached hydrogens (primary N) is 1. The summed E-state index contributed by atoms with van der Waals surface area (Å²) >= 11 is 0. The zero-order valence-corrected chi connectivity index (χ0v) is 11.0. The Labute approximate surface area is 105 Å². The SMILES string of the molecule is CC1CCC(C(=O)NCC2CCC(N)C2)CC1. The number of nitrogens with one attached hydrogen (secondary N) is 1. The normalized spacial score (nSPS) is 38.0. The Morgan fingerprint density at radius 1 is 1.18 bits per heavy atom. The summed E-state index contributed by atoms with van der Waals surface area (Å²) in [7, 11) is 0. The summed E-state index contributed by atoms with van der Waals surface area (Å²) in [5.41, 5.74) is 5.88. The van der Waals surface area contributed by atoms with Gasteiger partial charge in [0, 0.05) is 18.5 Å². The van der Waals surface area contributed by atoms with Gasteiger partial charge in [-0.25, -0.2) is 0 Å². The lowest BCUT2D eigenvalue weighted by Gasteiger charge is -2.25. The van der Waals surface area contributed by atoms with E-state index in [0.29, 0.717) is 12.0 Å². The van der Waals surface area contributed by atoms with E-state index in [1.54, 1.807) is 0 Å². The van der Waals surface area contributed by atoms with Crippen molar-refractivity contribution in [2.45, 2.75) is 57.9 Å². The third-order valence-electron chi connectivity index (χ3n) is 4.53.